The van der Waals surface area contributed by atoms with Gasteiger partial charge >= 0.3 is 41.5 Å². The van der Waals surface area contributed by atoms with E-state index in [-0.39, 0.29) is 88.0 Å². The number of esters is 1. The van der Waals surface area contributed by atoms with Crippen molar-refractivity contribution < 1.29 is 83.1 Å². The first-order valence-electron chi connectivity index (χ1n) is 13.6. The zero-order chi connectivity index (χ0) is 32.1. The van der Waals surface area contributed by atoms with Crippen LogP contribution in [0.15, 0.2) is 106 Å². The molecule has 2 heterocycles. The molecule has 4 aromatic carbocycles. The first-order chi connectivity index (χ1) is 21.7. The quantitative estimate of drug-likeness (QED) is 0.125. The van der Waals surface area contributed by atoms with Crippen LogP contribution in [0.3, 0.4) is 0 Å². The van der Waals surface area contributed by atoms with Crippen molar-refractivity contribution in [3.63, 3.8) is 0 Å². The summed E-state index contributed by atoms with van der Waals surface area (Å²) in [7, 11) is 1.28. The summed E-state index contributed by atoms with van der Waals surface area (Å²) in [5.74, 6) is -1.62. The second-order valence-corrected chi connectivity index (χ2v) is 9.87. The van der Waals surface area contributed by atoms with E-state index in [2.05, 4.69) is 4.74 Å². The number of furan rings is 2. The second-order valence-electron chi connectivity index (χ2n) is 9.87. The number of ketones is 2. The number of phenols is 2. The Kier molecular flexibility index (Phi) is 12.3. The Morgan fingerprint density at radius 2 is 1.00 bits per heavy atom. The molecule has 2 aromatic heterocycles. The molecule has 0 aliphatic carbocycles. The molecule has 0 radical (unpaired) electrons. The number of hydrogen-bond acceptors (Lipinski definition) is 10. The maximum Gasteiger partial charge on any atom is 1.00 e. The summed E-state index contributed by atoms with van der Waals surface area (Å²) < 4.78 is 15.9. The maximum atomic E-state index is 12.8. The van der Waals surface area contributed by atoms with E-state index in [4.69, 9.17) is 13.9 Å². The Morgan fingerprint density at radius 3 is 1.38 bits per heavy atom. The number of rotatable bonds is 8. The van der Waals surface area contributed by atoms with Gasteiger partial charge in [0.25, 0.3) is 0 Å². The van der Waals surface area contributed by atoms with E-state index in [1.807, 2.05) is 0 Å². The van der Waals surface area contributed by atoms with Gasteiger partial charge < -0.3 is 34.4 Å². The van der Waals surface area contributed by atoms with Crippen LogP contribution >= 0.6 is 0 Å². The van der Waals surface area contributed by atoms with Crippen LogP contribution in [-0.2, 0) is 27.2 Å². The minimum atomic E-state index is -1.07. The molecule has 0 aliphatic rings. The van der Waals surface area contributed by atoms with Gasteiger partial charge in [0.2, 0.25) is 0 Å². The summed E-state index contributed by atoms with van der Waals surface area (Å²) in [6, 6.07) is 25.8. The number of aromatic hydroxyl groups is 2. The molecule has 234 valence electrons. The van der Waals surface area contributed by atoms with Crippen molar-refractivity contribution >= 4 is 45.4 Å². The summed E-state index contributed by atoms with van der Waals surface area (Å²) in [6.45, 7) is 0. The minimum Gasteiger partial charge on any atom is -0.870 e. The predicted octanol–water partition coefficient (Wildman–Crippen LogP) is 2.91. The Balaban J connectivity index is 0.000000245. The van der Waals surface area contributed by atoms with E-state index < -0.39 is 11.9 Å². The number of carbonyl (C=O) groups is 4. The fourth-order valence-electron chi connectivity index (χ4n) is 4.79. The Morgan fingerprint density at radius 1 is 0.617 bits per heavy atom. The molecule has 0 aliphatic heterocycles. The molecule has 6 rings (SSSR count). The van der Waals surface area contributed by atoms with Crippen molar-refractivity contribution in [1.29, 1.82) is 0 Å². The molecule has 0 fully saturated rings. The number of carboxylic acid groups (broad SMARTS) is 1. The van der Waals surface area contributed by atoms with E-state index in [0.717, 1.165) is 0 Å². The van der Waals surface area contributed by atoms with Crippen molar-refractivity contribution in [2.24, 2.45) is 0 Å². The molecule has 0 amide bonds. The number of para-hydroxylation sites is 2. The largest absolute Gasteiger partial charge is 1.00 e. The van der Waals surface area contributed by atoms with E-state index in [1.165, 1.54) is 55.6 Å². The molecule has 0 atom stereocenters. The number of carbonyl (C=O) groups excluding carboxylic acids is 3. The molecule has 0 unspecified atom stereocenters. The van der Waals surface area contributed by atoms with Gasteiger partial charge in [0.1, 0.15) is 47.0 Å². The third-order valence-corrected chi connectivity index (χ3v) is 6.89. The zero-order valence-corrected chi connectivity index (χ0v) is 27.3. The van der Waals surface area contributed by atoms with Crippen molar-refractivity contribution in [3.8, 4) is 11.5 Å². The van der Waals surface area contributed by atoms with Gasteiger partial charge in [0.15, 0.2) is 11.6 Å². The number of hydrogen-bond donors (Lipinski definition) is 3. The number of fused-ring (bicyclic) bond motifs is 2. The van der Waals surface area contributed by atoms with E-state index in [1.54, 1.807) is 48.5 Å². The Labute approximate surface area is 289 Å². The number of aliphatic carboxylic acids is 1. The van der Waals surface area contributed by atoms with Crippen LogP contribution < -0.4 is 29.6 Å². The third kappa shape index (κ3) is 8.15. The van der Waals surface area contributed by atoms with Gasteiger partial charge in [-0.3, -0.25) is 19.2 Å². The molecule has 6 aromatic rings. The SMILES string of the molecule is COC(=O)Cc1oc2ccccc2c1C(=O)c1ccc(O)cc1.O=C(O)Cc1oc2ccccc2c1C(=O)c1ccc(O)cc1.[Na+].[OH-]. The first kappa shape index (κ1) is 36.3. The summed E-state index contributed by atoms with van der Waals surface area (Å²) in [4.78, 5) is 48.1. The summed E-state index contributed by atoms with van der Waals surface area (Å²) in [6.07, 6.45) is -0.488. The fraction of sp³-hybridized carbons (Fsp3) is 0.0857. The van der Waals surface area contributed by atoms with Crippen LogP contribution in [0.25, 0.3) is 21.9 Å². The van der Waals surface area contributed by atoms with Gasteiger partial charge in [-0.2, -0.15) is 0 Å². The van der Waals surface area contributed by atoms with Crippen LogP contribution in [0.1, 0.15) is 43.4 Å². The fourth-order valence-corrected chi connectivity index (χ4v) is 4.79. The molecule has 47 heavy (non-hydrogen) atoms. The summed E-state index contributed by atoms with van der Waals surface area (Å²) in [5, 5.41) is 28.9. The summed E-state index contributed by atoms with van der Waals surface area (Å²) in [5.41, 5.74) is 2.37. The van der Waals surface area contributed by atoms with Gasteiger partial charge in [-0.15, -0.1) is 0 Å². The van der Waals surface area contributed by atoms with E-state index in [9.17, 15) is 29.4 Å². The Bertz CT molecular complexity index is 2040. The normalized spacial score (nSPS) is 10.2. The van der Waals surface area contributed by atoms with Crippen molar-refractivity contribution in [2.45, 2.75) is 12.8 Å². The third-order valence-electron chi connectivity index (χ3n) is 6.89. The number of benzene rings is 4. The van der Waals surface area contributed by atoms with Crippen LogP contribution in [0.4, 0.5) is 0 Å². The van der Waals surface area contributed by atoms with Crippen LogP contribution in [0.2, 0.25) is 0 Å². The van der Waals surface area contributed by atoms with Crippen molar-refractivity contribution in [1.82, 2.24) is 0 Å². The first-order valence-corrected chi connectivity index (χ1v) is 13.6. The van der Waals surface area contributed by atoms with Gasteiger partial charge in [0.05, 0.1) is 18.2 Å². The molecule has 0 spiro atoms. The van der Waals surface area contributed by atoms with Crippen LogP contribution in [0, 0.1) is 0 Å². The summed E-state index contributed by atoms with van der Waals surface area (Å²) >= 11 is 0. The molecule has 4 N–H and O–H groups in total. The topological polar surface area (TPSA) is 194 Å². The average Bonchev–Trinajstić information content (AvgIpc) is 3.58. The average molecular weight is 647 g/mol. The monoisotopic (exact) mass is 646 g/mol. The number of carboxylic acids is 1. The molecule has 12 heteroatoms. The number of ether oxygens (including phenoxy) is 1. The van der Waals surface area contributed by atoms with Gasteiger partial charge in [0, 0.05) is 21.9 Å². The van der Waals surface area contributed by atoms with Crippen LogP contribution in [-0.4, -0.2) is 51.4 Å². The van der Waals surface area contributed by atoms with Crippen molar-refractivity contribution in [2.75, 3.05) is 7.11 Å². The maximum absolute atomic E-state index is 12.8. The van der Waals surface area contributed by atoms with Gasteiger partial charge in [-0.05, 0) is 60.7 Å². The second kappa shape index (κ2) is 15.9. The van der Waals surface area contributed by atoms with Gasteiger partial charge in [-0.25, -0.2) is 0 Å². The predicted molar refractivity (Wildman–Crippen MR) is 165 cm³/mol. The van der Waals surface area contributed by atoms with Gasteiger partial charge in [-0.1, -0.05) is 36.4 Å². The van der Waals surface area contributed by atoms with Crippen molar-refractivity contribution in [3.05, 3.63) is 131 Å². The number of phenolic OH excluding ortho intramolecular Hbond substituents is 2. The standard InChI is InChI=1S/C18H14O5.C17H12O5.Na.H2O/c1-22-16(20)10-15-17(13-4-2-3-5-14(13)23-15)18(21)11-6-8-12(19)9-7-11;18-11-7-5-10(6-8-11)17(21)16-12-3-1-2-4-13(12)22-14(16)9-15(19)20;;/h2-9,19H,10H2,1H3;1-8,18H,9H2,(H,19,20);;1H2/q;;+1;/p-1. The molecule has 0 bridgehead atoms. The van der Waals surface area contributed by atoms with E-state index >= 15 is 0 Å². The zero-order valence-electron chi connectivity index (χ0n) is 25.3. The Hall–Kier alpha value is -5.20. The van der Waals surface area contributed by atoms with Crippen LogP contribution in [0.5, 0.6) is 11.5 Å². The smallest absolute Gasteiger partial charge is 0.870 e. The van der Waals surface area contributed by atoms with E-state index in [0.29, 0.717) is 38.6 Å². The minimum absolute atomic E-state index is 0. The number of methoxy groups -OCH3 is 1. The molecule has 0 saturated carbocycles. The molecule has 0 saturated heterocycles. The molecule has 11 nitrogen and oxygen atoms in total. The molecular formula is C35H27NaO11. The molecular weight excluding hydrogens is 619 g/mol.